The molecule has 1 aliphatic carbocycles. The van der Waals surface area contributed by atoms with Gasteiger partial charge in [0, 0.05) is 11.8 Å². The number of aryl methyl sites for hydroxylation is 1. The summed E-state index contributed by atoms with van der Waals surface area (Å²) in [5, 5.41) is 0. The first-order chi connectivity index (χ1) is 18.0. The molecule has 0 aromatic heterocycles. The predicted octanol–water partition coefficient (Wildman–Crippen LogP) is 7.21. The maximum Gasteiger partial charge on any atom is 0.244 e. The summed E-state index contributed by atoms with van der Waals surface area (Å²) in [5.41, 5.74) is 7.96. The van der Waals surface area contributed by atoms with E-state index in [4.69, 9.17) is 0 Å². The lowest BCUT2D eigenvalue weighted by Gasteiger charge is -2.34. The monoisotopic (exact) mass is 501 g/mol. The molecule has 4 heteroatoms. The van der Waals surface area contributed by atoms with Gasteiger partial charge in [-0.05, 0) is 52.5 Å². The average Bonchev–Trinajstić information content (AvgIpc) is 3.47. The summed E-state index contributed by atoms with van der Waals surface area (Å²) >= 11 is 0. The van der Waals surface area contributed by atoms with Gasteiger partial charge in [-0.1, -0.05) is 115 Å². The summed E-state index contributed by atoms with van der Waals surface area (Å²) in [6.45, 7) is 1.98. The van der Waals surface area contributed by atoms with E-state index in [1.54, 1.807) is 12.1 Å². The maximum absolute atomic E-state index is 14.3. The number of nitrogens with zero attached hydrogens (tertiary/aromatic N) is 1. The molecule has 0 saturated carbocycles. The second-order valence-electron chi connectivity index (χ2n) is 10.2. The Labute approximate surface area is 218 Å². The third kappa shape index (κ3) is 3.40. The van der Waals surface area contributed by atoms with E-state index in [0.717, 1.165) is 33.4 Å². The molecular weight excluding hydrogens is 474 g/mol. The van der Waals surface area contributed by atoms with Crippen molar-refractivity contribution in [2.45, 2.75) is 23.9 Å². The van der Waals surface area contributed by atoms with Crippen LogP contribution in [0.3, 0.4) is 0 Å². The van der Waals surface area contributed by atoms with Crippen molar-refractivity contribution in [2.24, 2.45) is 11.8 Å². The van der Waals surface area contributed by atoms with Crippen LogP contribution in [0.15, 0.2) is 126 Å². The molecule has 0 N–H and O–H groups in total. The maximum atomic E-state index is 14.3. The highest BCUT2D eigenvalue weighted by Gasteiger charge is 2.61. The number of allylic oxidation sites excluding steroid dienone is 2. The summed E-state index contributed by atoms with van der Waals surface area (Å²) in [6.07, 6.45) is 4.61. The topological polar surface area (TPSA) is 37.4 Å². The molecule has 0 spiro atoms. The van der Waals surface area contributed by atoms with Gasteiger partial charge < -0.3 is 0 Å². The summed E-state index contributed by atoms with van der Waals surface area (Å²) in [5.74, 6) is 0.0746. The number of benzene rings is 4. The quantitative estimate of drug-likeness (QED) is 0.296. The molecule has 0 radical (unpaired) electrons. The normalized spacial score (nSPS) is 24.2. The van der Waals surface area contributed by atoms with Crippen LogP contribution in [0.4, 0.5) is 0 Å². The van der Waals surface area contributed by atoms with Crippen molar-refractivity contribution in [3.63, 3.8) is 0 Å². The molecule has 1 saturated heterocycles. The molecule has 37 heavy (non-hydrogen) atoms. The van der Waals surface area contributed by atoms with Crippen LogP contribution in [0, 0.1) is 18.8 Å². The van der Waals surface area contributed by atoms with Gasteiger partial charge in [0.2, 0.25) is 10.0 Å². The summed E-state index contributed by atoms with van der Waals surface area (Å²) in [4.78, 5) is 0.358. The van der Waals surface area contributed by atoms with Gasteiger partial charge in [-0.2, -0.15) is 4.31 Å². The fourth-order valence-electron chi connectivity index (χ4n) is 6.57. The fourth-order valence-corrected chi connectivity index (χ4v) is 8.39. The molecule has 4 aromatic rings. The highest BCUT2D eigenvalue weighted by atomic mass is 32.2. The number of fused-ring (bicyclic) bond motifs is 8. The van der Waals surface area contributed by atoms with Gasteiger partial charge in [0.1, 0.15) is 0 Å². The molecule has 1 fully saturated rings. The summed E-state index contributed by atoms with van der Waals surface area (Å²) < 4.78 is 30.4. The minimum atomic E-state index is -3.73. The van der Waals surface area contributed by atoms with Crippen LogP contribution in [0.25, 0.3) is 11.1 Å². The molecule has 182 valence electrons. The number of hydrogen-bond donors (Lipinski definition) is 0. The highest BCUT2D eigenvalue weighted by molar-refractivity contribution is 7.89. The number of sulfonamides is 1. The first-order valence-electron chi connectivity index (χ1n) is 12.8. The van der Waals surface area contributed by atoms with Crippen molar-refractivity contribution in [3.05, 3.63) is 149 Å². The van der Waals surface area contributed by atoms with Gasteiger partial charge in [-0.25, -0.2) is 8.42 Å². The zero-order valence-electron chi connectivity index (χ0n) is 20.5. The zero-order chi connectivity index (χ0) is 25.1. The molecule has 2 heterocycles. The van der Waals surface area contributed by atoms with Gasteiger partial charge in [-0.15, -0.1) is 0 Å². The minimum Gasteiger partial charge on any atom is -0.207 e. The smallest absolute Gasteiger partial charge is 0.207 e. The molecule has 0 unspecified atom stereocenters. The Morgan fingerprint density at radius 1 is 0.649 bits per heavy atom. The summed E-state index contributed by atoms with van der Waals surface area (Å²) in [6, 6.07) is 35.9. The van der Waals surface area contributed by atoms with Crippen molar-refractivity contribution in [1.29, 1.82) is 0 Å². The Kier molecular flexibility index (Phi) is 5.10. The third-order valence-corrected chi connectivity index (χ3v) is 10.0. The van der Waals surface area contributed by atoms with Crippen molar-refractivity contribution >= 4 is 21.2 Å². The van der Waals surface area contributed by atoms with Crippen LogP contribution >= 0.6 is 0 Å². The lowest BCUT2D eigenvalue weighted by Crippen LogP contribution is -2.29. The SMILES string of the molecule is Cc1ccc(S(=O)(=O)N2[C@@H]3c4ccccc4[C@H]2[C@@H]2C=C(c4ccccc4)C=C(c4ccccc4)[C@@H]23)cc1. The Morgan fingerprint density at radius 3 is 1.86 bits per heavy atom. The van der Waals surface area contributed by atoms with Crippen LogP contribution in [-0.4, -0.2) is 12.7 Å². The van der Waals surface area contributed by atoms with Crippen LogP contribution in [0.2, 0.25) is 0 Å². The second-order valence-corrected chi connectivity index (χ2v) is 12.1. The van der Waals surface area contributed by atoms with E-state index in [2.05, 4.69) is 72.8 Å². The third-order valence-electron chi connectivity index (χ3n) is 8.15. The van der Waals surface area contributed by atoms with Crippen molar-refractivity contribution < 1.29 is 8.42 Å². The minimum absolute atomic E-state index is 0.0370. The van der Waals surface area contributed by atoms with Crippen molar-refractivity contribution in [3.8, 4) is 0 Å². The number of rotatable bonds is 4. The average molecular weight is 502 g/mol. The standard InChI is InChI=1S/C33H27NO2S/c1-22-16-18-26(19-17-22)37(35,36)34-32-27-14-8-9-15-28(27)33(34)31-29(24-12-6-3-7-13-24)20-25(21-30(31)32)23-10-4-2-5-11-23/h2-21,30-33H,1H3/t30-,31+,32+,33-/m1/s1. The lowest BCUT2D eigenvalue weighted by atomic mass is 9.67. The van der Waals surface area contributed by atoms with E-state index in [-0.39, 0.29) is 23.9 Å². The zero-order valence-corrected chi connectivity index (χ0v) is 21.3. The Hall–Kier alpha value is -3.73. The molecule has 3 nitrogen and oxygen atoms in total. The molecule has 4 aromatic carbocycles. The van der Waals surface area contributed by atoms with Gasteiger partial charge >= 0.3 is 0 Å². The van der Waals surface area contributed by atoms with Crippen LogP contribution < -0.4 is 0 Å². The lowest BCUT2D eigenvalue weighted by molar-refractivity contribution is 0.351. The first-order valence-corrected chi connectivity index (χ1v) is 14.2. The molecule has 2 bridgehead atoms. The second kappa shape index (κ2) is 8.41. The van der Waals surface area contributed by atoms with E-state index in [1.807, 2.05) is 47.6 Å². The fraction of sp³-hybridized carbons (Fsp3) is 0.152. The highest BCUT2D eigenvalue weighted by Crippen LogP contribution is 2.66. The van der Waals surface area contributed by atoms with Crippen molar-refractivity contribution in [1.82, 2.24) is 4.31 Å². The van der Waals surface area contributed by atoms with E-state index < -0.39 is 10.0 Å². The predicted molar refractivity (Wildman–Crippen MR) is 148 cm³/mol. The van der Waals surface area contributed by atoms with Gasteiger partial charge in [0.15, 0.2) is 0 Å². The van der Waals surface area contributed by atoms with Crippen LogP contribution in [0.5, 0.6) is 0 Å². The Morgan fingerprint density at radius 2 is 1.22 bits per heavy atom. The molecule has 2 aliphatic heterocycles. The first kappa shape index (κ1) is 22.5. The van der Waals surface area contributed by atoms with Crippen LogP contribution in [0.1, 0.15) is 39.9 Å². The van der Waals surface area contributed by atoms with E-state index in [1.165, 1.54) is 5.57 Å². The Balaban J connectivity index is 1.45. The largest absolute Gasteiger partial charge is 0.244 e. The van der Waals surface area contributed by atoms with E-state index >= 15 is 0 Å². The van der Waals surface area contributed by atoms with Gasteiger partial charge in [0.05, 0.1) is 17.0 Å². The molecule has 7 rings (SSSR count). The van der Waals surface area contributed by atoms with Crippen molar-refractivity contribution in [2.75, 3.05) is 0 Å². The van der Waals surface area contributed by atoms with E-state index in [9.17, 15) is 8.42 Å². The van der Waals surface area contributed by atoms with Crippen LogP contribution in [-0.2, 0) is 10.0 Å². The molecular formula is C33H27NO2S. The molecule has 3 aliphatic rings. The Bertz CT molecular complexity index is 1650. The molecule has 4 atom stereocenters. The number of hydrogen-bond acceptors (Lipinski definition) is 2. The van der Waals surface area contributed by atoms with E-state index in [0.29, 0.717) is 4.90 Å². The van der Waals surface area contributed by atoms with Gasteiger partial charge in [-0.3, -0.25) is 0 Å². The van der Waals surface area contributed by atoms with Gasteiger partial charge in [0.25, 0.3) is 0 Å². The summed E-state index contributed by atoms with van der Waals surface area (Å²) in [7, 11) is -3.73. The molecule has 0 amide bonds.